The summed E-state index contributed by atoms with van der Waals surface area (Å²) in [6.45, 7) is -0.487. The fourth-order valence-electron chi connectivity index (χ4n) is 3.65. The highest BCUT2D eigenvalue weighted by molar-refractivity contribution is 5.93. The van der Waals surface area contributed by atoms with Crippen molar-refractivity contribution in [3.8, 4) is 5.75 Å². The lowest BCUT2D eigenvalue weighted by Crippen LogP contribution is -2.54. The van der Waals surface area contributed by atoms with Gasteiger partial charge >= 0.3 is 5.97 Å². The monoisotopic (exact) mass is 525 g/mol. The van der Waals surface area contributed by atoms with E-state index < -0.39 is 65.7 Å². The Morgan fingerprint density at radius 3 is 2.27 bits per heavy atom. The number of carboxylic acid groups (broad SMARTS) is 1. The van der Waals surface area contributed by atoms with Crippen molar-refractivity contribution in [2.75, 3.05) is 32.8 Å². The van der Waals surface area contributed by atoms with Gasteiger partial charge in [0.2, 0.25) is 23.4 Å². The number of hydrogen-bond acceptors (Lipinski definition) is 6. The van der Waals surface area contributed by atoms with Crippen LogP contribution in [0.25, 0.3) is 0 Å². The highest BCUT2D eigenvalue weighted by atomic mass is 19.2. The zero-order valence-corrected chi connectivity index (χ0v) is 19.4. The number of benzene rings is 2. The standard InChI is InChI=1S/C24H23F4N3O6/c25-15-8-16(26)23(28)24(22(15)27)37-13-18(32)17(9-21(35)36)29-19(33)11-30-6-7-31(20(34)12-30)10-14-4-2-1-3-5-14/h1-5,8,17H,6-7,9-13H2,(H,29,33)(H,35,36). The van der Waals surface area contributed by atoms with E-state index in [0.717, 1.165) is 5.56 Å². The van der Waals surface area contributed by atoms with Gasteiger partial charge in [-0.05, 0) is 5.56 Å². The maximum absolute atomic E-state index is 13.7. The van der Waals surface area contributed by atoms with Crippen molar-refractivity contribution >= 4 is 23.6 Å². The lowest BCUT2D eigenvalue weighted by molar-refractivity contribution is -0.140. The number of aliphatic carboxylic acids is 1. The number of halogens is 4. The zero-order chi connectivity index (χ0) is 27.1. The van der Waals surface area contributed by atoms with Gasteiger partial charge in [-0.2, -0.15) is 8.78 Å². The van der Waals surface area contributed by atoms with E-state index in [1.807, 2.05) is 30.3 Å². The van der Waals surface area contributed by atoms with E-state index in [9.17, 15) is 36.7 Å². The predicted octanol–water partition coefficient (Wildman–Crippen LogP) is 1.49. The van der Waals surface area contributed by atoms with E-state index >= 15 is 0 Å². The number of ether oxygens (including phenoxy) is 1. The first kappa shape index (κ1) is 27.6. The van der Waals surface area contributed by atoms with Crippen LogP contribution in [0.2, 0.25) is 0 Å². The third kappa shape index (κ3) is 7.49. The van der Waals surface area contributed by atoms with Crippen LogP contribution in [-0.4, -0.2) is 77.3 Å². The molecule has 1 atom stereocenters. The third-order valence-electron chi connectivity index (χ3n) is 5.51. The molecule has 2 N–H and O–H groups in total. The highest BCUT2D eigenvalue weighted by Crippen LogP contribution is 2.26. The average molecular weight is 525 g/mol. The summed E-state index contributed by atoms with van der Waals surface area (Å²) >= 11 is 0. The zero-order valence-electron chi connectivity index (χ0n) is 19.4. The molecule has 0 spiro atoms. The van der Waals surface area contributed by atoms with E-state index in [1.54, 1.807) is 4.90 Å². The Balaban J connectivity index is 1.55. The Hall–Kier alpha value is -4.00. The molecule has 1 unspecified atom stereocenters. The minimum absolute atomic E-state index is 0.0426. The molecule has 37 heavy (non-hydrogen) atoms. The second-order valence-corrected chi connectivity index (χ2v) is 8.28. The minimum atomic E-state index is -1.87. The Labute approximate surface area is 208 Å². The number of nitrogens with zero attached hydrogens (tertiary/aromatic N) is 2. The summed E-state index contributed by atoms with van der Waals surface area (Å²) in [6, 6.07) is 7.61. The Morgan fingerprint density at radius 2 is 1.68 bits per heavy atom. The number of hydrogen-bond donors (Lipinski definition) is 2. The van der Waals surface area contributed by atoms with Crippen LogP contribution in [0.4, 0.5) is 17.6 Å². The van der Waals surface area contributed by atoms with Gasteiger partial charge in [0.25, 0.3) is 0 Å². The van der Waals surface area contributed by atoms with Gasteiger partial charge in [0.1, 0.15) is 12.6 Å². The van der Waals surface area contributed by atoms with Crippen LogP contribution in [0.15, 0.2) is 36.4 Å². The van der Waals surface area contributed by atoms with E-state index in [-0.39, 0.29) is 25.1 Å². The molecule has 2 amide bonds. The molecule has 0 saturated carbocycles. The van der Waals surface area contributed by atoms with Crippen LogP contribution in [0.1, 0.15) is 12.0 Å². The summed E-state index contributed by atoms with van der Waals surface area (Å²) in [5.41, 5.74) is 0.944. The normalized spacial score (nSPS) is 14.8. The lowest BCUT2D eigenvalue weighted by atomic mass is 10.1. The maximum Gasteiger partial charge on any atom is 0.305 e. The van der Waals surface area contributed by atoms with Crippen LogP contribution < -0.4 is 10.1 Å². The van der Waals surface area contributed by atoms with Crippen molar-refractivity contribution in [3.63, 3.8) is 0 Å². The molecule has 1 saturated heterocycles. The van der Waals surface area contributed by atoms with E-state index in [1.165, 1.54) is 4.90 Å². The summed E-state index contributed by atoms with van der Waals surface area (Å²) in [6.07, 6.45) is -0.889. The van der Waals surface area contributed by atoms with Gasteiger partial charge in [-0.3, -0.25) is 24.1 Å². The van der Waals surface area contributed by atoms with Crippen LogP contribution in [0.3, 0.4) is 0 Å². The average Bonchev–Trinajstić information content (AvgIpc) is 2.84. The molecule has 1 aliphatic rings. The van der Waals surface area contributed by atoms with Crippen molar-refractivity contribution in [2.45, 2.75) is 19.0 Å². The fraction of sp³-hybridized carbons (Fsp3) is 0.333. The lowest BCUT2D eigenvalue weighted by Gasteiger charge is -2.34. The predicted molar refractivity (Wildman–Crippen MR) is 119 cm³/mol. The molecule has 0 aromatic heterocycles. The molecule has 198 valence electrons. The van der Waals surface area contributed by atoms with Gasteiger partial charge in [0.15, 0.2) is 23.2 Å². The van der Waals surface area contributed by atoms with Gasteiger partial charge < -0.3 is 20.1 Å². The third-order valence-corrected chi connectivity index (χ3v) is 5.51. The molecule has 1 fully saturated rings. The smallest absolute Gasteiger partial charge is 0.305 e. The molecule has 0 radical (unpaired) electrons. The molecule has 13 heteroatoms. The summed E-state index contributed by atoms with van der Waals surface area (Å²) < 4.78 is 58.7. The SMILES string of the molecule is O=C(O)CC(NC(=O)CN1CCN(Cc2ccccc2)C(=O)C1)C(=O)COc1c(F)c(F)cc(F)c1F. The molecular weight excluding hydrogens is 502 g/mol. The molecule has 0 aliphatic carbocycles. The van der Waals surface area contributed by atoms with Crippen molar-refractivity contribution < 1.29 is 46.6 Å². The molecule has 1 aliphatic heterocycles. The quantitative estimate of drug-likeness (QED) is 0.337. The summed E-state index contributed by atoms with van der Waals surface area (Å²) in [7, 11) is 0. The number of ketones is 1. The Morgan fingerprint density at radius 1 is 1.03 bits per heavy atom. The Bertz CT molecular complexity index is 1150. The Kier molecular flexibility index (Phi) is 9.17. The largest absolute Gasteiger partial charge is 0.481 e. The summed E-state index contributed by atoms with van der Waals surface area (Å²) in [5, 5.41) is 11.3. The number of amides is 2. The van der Waals surface area contributed by atoms with Gasteiger partial charge in [-0.15, -0.1) is 0 Å². The maximum atomic E-state index is 13.7. The number of carbonyl (C=O) groups excluding carboxylic acids is 3. The first-order valence-electron chi connectivity index (χ1n) is 11.1. The summed E-state index contributed by atoms with van der Waals surface area (Å²) in [5.74, 6) is -12.3. The molecule has 9 nitrogen and oxygen atoms in total. The number of piperazine rings is 1. The first-order valence-corrected chi connectivity index (χ1v) is 11.1. The van der Waals surface area contributed by atoms with E-state index in [0.29, 0.717) is 19.6 Å². The van der Waals surface area contributed by atoms with Crippen LogP contribution in [0, 0.1) is 23.3 Å². The highest BCUT2D eigenvalue weighted by Gasteiger charge is 2.29. The van der Waals surface area contributed by atoms with E-state index in [4.69, 9.17) is 5.11 Å². The molecule has 3 rings (SSSR count). The number of carbonyl (C=O) groups is 4. The molecule has 1 heterocycles. The fourth-order valence-corrected chi connectivity index (χ4v) is 3.65. The van der Waals surface area contributed by atoms with Crippen molar-refractivity contribution in [1.29, 1.82) is 0 Å². The first-order chi connectivity index (χ1) is 17.5. The minimum Gasteiger partial charge on any atom is -0.481 e. The van der Waals surface area contributed by atoms with Gasteiger partial charge in [-0.1, -0.05) is 30.3 Å². The van der Waals surface area contributed by atoms with Crippen molar-refractivity contribution in [3.05, 3.63) is 65.2 Å². The van der Waals surface area contributed by atoms with Gasteiger partial charge in [0.05, 0.1) is 19.5 Å². The van der Waals surface area contributed by atoms with Crippen LogP contribution in [-0.2, 0) is 25.7 Å². The second kappa shape index (κ2) is 12.3. The van der Waals surface area contributed by atoms with E-state index in [2.05, 4.69) is 10.1 Å². The second-order valence-electron chi connectivity index (χ2n) is 8.28. The number of carboxylic acids is 1. The van der Waals surface area contributed by atoms with Crippen molar-refractivity contribution in [2.24, 2.45) is 0 Å². The van der Waals surface area contributed by atoms with Crippen LogP contribution >= 0.6 is 0 Å². The number of rotatable bonds is 11. The molecule has 2 aromatic carbocycles. The van der Waals surface area contributed by atoms with Gasteiger partial charge in [-0.25, -0.2) is 8.78 Å². The molecular formula is C24H23F4N3O6. The van der Waals surface area contributed by atoms with Crippen molar-refractivity contribution in [1.82, 2.24) is 15.1 Å². The number of nitrogens with one attached hydrogen (secondary N) is 1. The molecule has 2 aromatic rings. The number of Topliss-reactive ketones (excluding diaryl/α,β-unsaturated/α-hetero) is 1. The topological polar surface area (TPSA) is 116 Å². The summed E-state index contributed by atoms with van der Waals surface area (Å²) in [4.78, 5) is 51.7. The van der Waals surface area contributed by atoms with Gasteiger partial charge in [0, 0.05) is 25.7 Å². The van der Waals surface area contributed by atoms with Crippen LogP contribution in [0.5, 0.6) is 5.75 Å². The molecule has 0 bridgehead atoms.